The minimum absolute atomic E-state index is 0. The van der Waals surface area contributed by atoms with Crippen molar-refractivity contribution in [3.8, 4) is 0 Å². The molecule has 2 rings (SSSR count). The molecule has 6 nitrogen and oxygen atoms in total. The molecule has 156 valence electrons. The van der Waals surface area contributed by atoms with E-state index in [4.69, 9.17) is 9.15 Å². The fourth-order valence-corrected chi connectivity index (χ4v) is 3.39. The summed E-state index contributed by atoms with van der Waals surface area (Å²) in [5.74, 6) is 1.68. The molecule has 2 heterocycles. The van der Waals surface area contributed by atoms with Crippen molar-refractivity contribution >= 4 is 29.9 Å². The molecule has 1 aromatic heterocycles. The van der Waals surface area contributed by atoms with Crippen molar-refractivity contribution in [2.75, 3.05) is 26.2 Å². The van der Waals surface area contributed by atoms with Crippen molar-refractivity contribution in [1.82, 2.24) is 10.6 Å². The highest BCUT2D eigenvalue weighted by atomic mass is 127. The zero-order valence-electron chi connectivity index (χ0n) is 16.7. The van der Waals surface area contributed by atoms with Gasteiger partial charge in [-0.15, -0.1) is 24.0 Å². The van der Waals surface area contributed by atoms with E-state index in [1.54, 1.807) is 6.26 Å². The summed E-state index contributed by atoms with van der Waals surface area (Å²) in [5.41, 5.74) is -0.719. The molecule has 0 aromatic carbocycles. The van der Waals surface area contributed by atoms with Gasteiger partial charge in [-0.05, 0) is 37.8 Å². The van der Waals surface area contributed by atoms with Crippen LogP contribution >= 0.6 is 24.0 Å². The highest BCUT2D eigenvalue weighted by Crippen LogP contribution is 2.19. The van der Waals surface area contributed by atoms with Gasteiger partial charge in [-0.3, -0.25) is 4.99 Å². The van der Waals surface area contributed by atoms with E-state index in [0.717, 1.165) is 76.4 Å². The Morgan fingerprint density at radius 3 is 2.67 bits per heavy atom. The molecule has 7 heteroatoms. The summed E-state index contributed by atoms with van der Waals surface area (Å²) in [6.07, 6.45) is 8.40. The average molecular weight is 493 g/mol. The van der Waals surface area contributed by atoms with E-state index in [1.807, 2.05) is 12.1 Å². The van der Waals surface area contributed by atoms with Gasteiger partial charge in [-0.2, -0.15) is 0 Å². The van der Waals surface area contributed by atoms with E-state index in [9.17, 15) is 5.11 Å². The van der Waals surface area contributed by atoms with Crippen LogP contribution in [0.25, 0.3) is 0 Å². The fourth-order valence-electron chi connectivity index (χ4n) is 3.39. The molecule has 1 saturated heterocycles. The van der Waals surface area contributed by atoms with Crippen LogP contribution in [0, 0.1) is 0 Å². The molecular formula is C20H36IN3O3. The molecule has 0 spiro atoms. The Morgan fingerprint density at radius 2 is 2.07 bits per heavy atom. The lowest BCUT2D eigenvalue weighted by Gasteiger charge is -2.26. The van der Waals surface area contributed by atoms with Crippen molar-refractivity contribution < 1.29 is 14.3 Å². The predicted molar refractivity (Wildman–Crippen MR) is 120 cm³/mol. The van der Waals surface area contributed by atoms with E-state index in [-0.39, 0.29) is 30.1 Å². The average Bonchev–Trinajstić information content (AvgIpc) is 3.31. The zero-order valence-corrected chi connectivity index (χ0v) is 19.0. The second-order valence-corrected chi connectivity index (χ2v) is 7.16. The Balaban J connectivity index is 0.00000364. The summed E-state index contributed by atoms with van der Waals surface area (Å²) in [5, 5.41) is 17.5. The lowest BCUT2D eigenvalue weighted by molar-refractivity contribution is 0.0305. The van der Waals surface area contributed by atoms with Gasteiger partial charge in [-0.1, -0.05) is 26.7 Å². The summed E-state index contributed by atoms with van der Waals surface area (Å²) in [7, 11) is 0. The summed E-state index contributed by atoms with van der Waals surface area (Å²) in [6.45, 7) is 6.93. The van der Waals surface area contributed by atoms with Crippen molar-refractivity contribution in [3.63, 3.8) is 0 Å². The van der Waals surface area contributed by atoms with Crippen LogP contribution in [0.15, 0.2) is 27.8 Å². The number of furan rings is 1. The SMILES string of the molecule is CCCC(O)(CCC)CN=C(NCCc1ccco1)NCC1CCCO1.I. The molecule has 0 bridgehead atoms. The number of hydrogen-bond acceptors (Lipinski definition) is 4. The van der Waals surface area contributed by atoms with E-state index in [1.165, 1.54) is 0 Å². The van der Waals surface area contributed by atoms with Gasteiger partial charge in [-0.25, -0.2) is 0 Å². The third-order valence-electron chi connectivity index (χ3n) is 4.73. The summed E-state index contributed by atoms with van der Waals surface area (Å²) in [6, 6.07) is 3.87. The molecule has 1 unspecified atom stereocenters. The lowest BCUT2D eigenvalue weighted by Crippen LogP contribution is -2.43. The Hall–Kier alpha value is -0.800. The fraction of sp³-hybridized carbons (Fsp3) is 0.750. The van der Waals surface area contributed by atoms with Crippen molar-refractivity contribution in [1.29, 1.82) is 0 Å². The van der Waals surface area contributed by atoms with E-state index in [0.29, 0.717) is 6.54 Å². The van der Waals surface area contributed by atoms with E-state index < -0.39 is 5.60 Å². The first-order chi connectivity index (χ1) is 12.6. The monoisotopic (exact) mass is 493 g/mol. The van der Waals surface area contributed by atoms with Crippen molar-refractivity contribution in [2.24, 2.45) is 4.99 Å². The van der Waals surface area contributed by atoms with Crippen LogP contribution in [0.1, 0.15) is 58.1 Å². The first-order valence-electron chi connectivity index (χ1n) is 10.0. The number of hydrogen-bond donors (Lipinski definition) is 3. The quantitative estimate of drug-likeness (QED) is 0.250. The maximum absolute atomic E-state index is 10.8. The molecule has 1 aromatic rings. The Labute approximate surface area is 180 Å². The maximum Gasteiger partial charge on any atom is 0.191 e. The maximum atomic E-state index is 10.8. The number of halogens is 1. The van der Waals surface area contributed by atoms with Crippen LogP contribution < -0.4 is 10.6 Å². The van der Waals surface area contributed by atoms with Crippen LogP contribution in [-0.4, -0.2) is 49.0 Å². The van der Waals surface area contributed by atoms with Crippen LogP contribution in [-0.2, 0) is 11.2 Å². The highest BCUT2D eigenvalue weighted by Gasteiger charge is 2.24. The van der Waals surface area contributed by atoms with Crippen LogP contribution in [0.3, 0.4) is 0 Å². The first-order valence-corrected chi connectivity index (χ1v) is 10.0. The first kappa shape index (κ1) is 24.2. The van der Waals surface area contributed by atoms with Crippen LogP contribution in [0.2, 0.25) is 0 Å². The molecule has 1 aliphatic heterocycles. The number of aliphatic hydroxyl groups is 1. The molecular weight excluding hydrogens is 457 g/mol. The molecule has 27 heavy (non-hydrogen) atoms. The van der Waals surface area contributed by atoms with Crippen molar-refractivity contribution in [3.05, 3.63) is 24.2 Å². The van der Waals surface area contributed by atoms with Gasteiger partial charge in [0.25, 0.3) is 0 Å². The van der Waals surface area contributed by atoms with Gasteiger partial charge in [0.15, 0.2) is 5.96 Å². The number of aliphatic imine (C=N–C) groups is 1. The highest BCUT2D eigenvalue weighted by molar-refractivity contribution is 14.0. The largest absolute Gasteiger partial charge is 0.469 e. The number of nitrogens with one attached hydrogen (secondary N) is 2. The number of ether oxygens (including phenoxy) is 1. The standard InChI is InChI=1S/C20H35N3O3.HI/c1-3-10-20(24,11-4-2)16-23-19(22-15-18-8-6-14-26-18)21-12-9-17-7-5-13-25-17;/h5,7,13,18,24H,3-4,6,8-12,14-16H2,1-2H3,(H2,21,22,23);1H. The number of nitrogens with zero attached hydrogens (tertiary/aromatic N) is 1. The van der Waals surface area contributed by atoms with Gasteiger partial charge in [0.05, 0.1) is 24.5 Å². The second-order valence-electron chi connectivity index (χ2n) is 7.16. The van der Waals surface area contributed by atoms with Gasteiger partial charge in [0, 0.05) is 26.1 Å². The number of rotatable bonds is 11. The summed E-state index contributed by atoms with van der Waals surface area (Å²) in [4.78, 5) is 4.67. The van der Waals surface area contributed by atoms with Gasteiger partial charge >= 0.3 is 0 Å². The summed E-state index contributed by atoms with van der Waals surface area (Å²) < 4.78 is 11.1. The molecule has 0 aliphatic carbocycles. The third-order valence-corrected chi connectivity index (χ3v) is 4.73. The predicted octanol–water partition coefficient (Wildman–Crippen LogP) is 3.49. The van der Waals surface area contributed by atoms with E-state index in [2.05, 4.69) is 29.5 Å². The Morgan fingerprint density at radius 1 is 1.30 bits per heavy atom. The molecule has 0 radical (unpaired) electrons. The minimum atomic E-state index is -0.719. The smallest absolute Gasteiger partial charge is 0.191 e. The van der Waals surface area contributed by atoms with Crippen molar-refractivity contribution in [2.45, 2.75) is 70.5 Å². The van der Waals surface area contributed by atoms with Gasteiger partial charge in [0.2, 0.25) is 0 Å². The molecule has 3 N–H and O–H groups in total. The molecule has 1 atom stereocenters. The second kappa shape index (κ2) is 13.4. The molecule has 0 saturated carbocycles. The third kappa shape index (κ3) is 9.30. The van der Waals surface area contributed by atoms with Gasteiger partial charge in [0.1, 0.15) is 5.76 Å². The zero-order chi connectivity index (χ0) is 18.7. The molecule has 1 aliphatic rings. The molecule has 0 amide bonds. The normalized spacial score (nSPS) is 17.6. The van der Waals surface area contributed by atoms with Crippen LogP contribution in [0.5, 0.6) is 0 Å². The molecule has 1 fully saturated rings. The summed E-state index contributed by atoms with van der Waals surface area (Å²) >= 11 is 0. The Kier molecular flexibility index (Phi) is 12.0. The Bertz CT molecular complexity index is 511. The lowest BCUT2D eigenvalue weighted by atomic mass is 9.93. The van der Waals surface area contributed by atoms with Gasteiger partial charge < -0.3 is 24.9 Å². The topological polar surface area (TPSA) is 79.0 Å². The van der Waals surface area contributed by atoms with E-state index >= 15 is 0 Å². The number of guanidine groups is 1. The van der Waals surface area contributed by atoms with Crippen LogP contribution in [0.4, 0.5) is 0 Å². The minimum Gasteiger partial charge on any atom is -0.469 e.